The summed E-state index contributed by atoms with van der Waals surface area (Å²) in [5.41, 5.74) is 3.03. The molecule has 1 aliphatic carbocycles. The Morgan fingerprint density at radius 3 is 2.92 bits per heavy atom. The Bertz CT molecular complexity index is 978. The van der Waals surface area contributed by atoms with Gasteiger partial charge in [0.15, 0.2) is 0 Å². The fourth-order valence-electron chi connectivity index (χ4n) is 3.27. The summed E-state index contributed by atoms with van der Waals surface area (Å²) in [5.74, 6) is -0.190. The van der Waals surface area contributed by atoms with Gasteiger partial charge in [0.2, 0.25) is 5.56 Å². The lowest BCUT2D eigenvalue weighted by molar-refractivity contribution is 0.0928. The Morgan fingerprint density at radius 1 is 1.12 bits per heavy atom. The number of rotatable bonds is 2. The van der Waals surface area contributed by atoms with Crippen LogP contribution in [0.2, 0.25) is 0 Å². The monoisotopic (exact) mass is 319 g/mol. The minimum absolute atomic E-state index is 0.0913. The topological polar surface area (TPSA) is 74.8 Å². The summed E-state index contributed by atoms with van der Waals surface area (Å²) in [6.45, 7) is 0. The second kappa shape index (κ2) is 5.92. The Hall–Kier alpha value is -2.95. The number of carbonyl (C=O) groups is 1. The highest BCUT2D eigenvalue weighted by molar-refractivity contribution is 5.95. The maximum absolute atomic E-state index is 12.6. The number of pyridine rings is 2. The average molecular weight is 319 g/mol. The number of nitrogens with one attached hydrogen (secondary N) is 2. The number of nitrogens with zero attached hydrogens (tertiary/aromatic N) is 1. The van der Waals surface area contributed by atoms with Crippen molar-refractivity contribution < 1.29 is 4.79 Å². The van der Waals surface area contributed by atoms with Gasteiger partial charge in [-0.15, -0.1) is 0 Å². The molecule has 1 amide bonds. The van der Waals surface area contributed by atoms with Gasteiger partial charge >= 0.3 is 0 Å². The molecule has 1 aromatic carbocycles. The average Bonchev–Trinajstić information content (AvgIpc) is 2.61. The van der Waals surface area contributed by atoms with Crippen LogP contribution in [-0.2, 0) is 6.42 Å². The lowest BCUT2D eigenvalue weighted by Crippen LogP contribution is -2.32. The fraction of sp³-hybridized carbons (Fsp3) is 0.211. The Morgan fingerprint density at radius 2 is 2.00 bits per heavy atom. The highest BCUT2D eigenvalue weighted by atomic mass is 16.2. The molecule has 0 saturated carbocycles. The van der Waals surface area contributed by atoms with Crippen molar-refractivity contribution in [2.75, 3.05) is 0 Å². The van der Waals surface area contributed by atoms with Crippen molar-refractivity contribution in [2.24, 2.45) is 0 Å². The molecule has 1 aliphatic rings. The summed E-state index contributed by atoms with van der Waals surface area (Å²) in [6.07, 6.45) is 2.63. The van der Waals surface area contributed by atoms with Gasteiger partial charge in [-0.1, -0.05) is 24.3 Å². The van der Waals surface area contributed by atoms with Crippen LogP contribution in [0.1, 0.15) is 40.6 Å². The molecule has 0 bridgehead atoms. The lowest BCUT2D eigenvalue weighted by atomic mass is 9.91. The van der Waals surface area contributed by atoms with Crippen molar-refractivity contribution in [1.29, 1.82) is 0 Å². The van der Waals surface area contributed by atoms with Crippen LogP contribution in [0, 0.1) is 0 Å². The van der Waals surface area contributed by atoms with E-state index in [2.05, 4.69) is 15.3 Å². The molecular formula is C19H17N3O2. The van der Waals surface area contributed by atoms with E-state index < -0.39 is 0 Å². The van der Waals surface area contributed by atoms with E-state index in [-0.39, 0.29) is 17.5 Å². The minimum Gasteiger partial charge on any atom is -0.344 e. The normalized spacial score (nSPS) is 16.6. The van der Waals surface area contributed by atoms with Crippen LogP contribution < -0.4 is 10.9 Å². The third-order valence-electron chi connectivity index (χ3n) is 4.47. The molecule has 0 radical (unpaired) electrons. The van der Waals surface area contributed by atoms with Crippen LogP contribution in [0.5, 0.6) is 0 Å². The summed E-state index contributed by atoms with van der Waals surface area (Å²) >= 11 is 0. The van der Waals surface area contributed by atoms with Crippen molar-refractivity contribution in [3.8, 4) is 0 Å². The molecule has 2 heterocycles. The van der Waals surface area contributed by atoms with Crippen LogP contribution >= 0.6 is 0 Å². The third-order valence-corrected chi connectivity index (χ3v) is 4.47. The molecule has 1 atom stereocenters. The number of aryl methyl sites for hydroxylation is 1. The third kappa shape index (κ3) is 2.69. The molecule has 5 nitrogen and oxygen atoms in total. The standard InChI is InChI=1S/C19H17N3O2/c23-18-11-9-13-15(21-18)6-3-7-16(13)22-19(24)17-10-8-12-4-1-2-5-14(12)20-17/h1-2,4-5,8-11,16H,3,6-7H2,(H,21,23)(H,22,24). The molecule has 3 aromatic rings. The SMILES string of the molecule is O=C(NC1CCCc2[nH]c(=O)ccc21)c1ccc2ccccc2n1. The van der Waals surface area contributed by atoms with Crippen LogP contribution in [0.25, 0.3) is 10.9 Å². The molecule has 0 saturated heterocycles. The van der Waals surface area contributed by atoms with Crippen molar-refractivity contribution in [1.82, 2.24) is 15.3 Å². The molecule has 2 N–H and O–H groups in total. The molecule has 0 aliphatic heterocycles. The van der Waals surface area contributed by atoms with Crippen LogP contribution in [0.4, 0.5) is 0 Å². The van der Waals surface area contributed by atoms with Crippen molar-refractivity contribution in [3.05, 3.63) is 75.8 Å². The largest absolute Gasteiger partial charge is 0.344 e. The molecule has 4 rings (SSSR count). The zero-order chi connectivity index (χ0) is 16.5. The second-order valence-corrected chi connectivity index (χ2v) is 6.06. The summed E-state index contributed by atoms with van der Waals surface area (Å²) in [4.78, 5) is 31.4. The number of amides is 1. The van der Waals surface area contributed by atoms with Crippen LogP contribution in [0.3, 0.4) is 0 Å². The number of carbonyl (C=O) groups excluding carboxylic acids is 1. The molecule has 0 spiro atoms. The van der Waals surface area contributed by atoms with E-state index in [0.717, 1.165) is 41.4 Å². The highest BCUT2D eigenvalue weighted by Gasteiger charge is 2.23. The number of hydrogen-bond donors (Lipinski definition) is 2. The predicted octanol–water partition coefficient (Wildman–Crippen LogP) is 2.73. The zero-order valence-electron chi connectivity index (χ0n) is 13.1. The molecule has 2 aromatic heterocycles. The molecule has 120 valence electrons. The van der Waals surface area contributed by atoms with Crippen LogP contribution in [0.15, 0.2) is 53.3 Å². The van der Waals surface area contributed by atoms with Crippen molar-refractivity contribution in [3.63, 3.8) is 0 Å². The van der Waals surface area contributed by atoms with Gasteiger partial charge < -0.3 is 10.3 Å². The zero-order valence-corrected chi connectivity index (χ0v) is 13.1. The van der Waals surface area contributed by atoms with Crippen molar-refractivity contribution in [2.45, 2.75) is 25.3 Å². The number of para-hydroxylation sites is 1. The lowest BCUT2D eigenvalue weighted by Gasteiger charge is -2.25. The van der Waals surface area contributed by atoms with Crippen molar-refractivity contribution >= 4 is 16.8 Å². The first-order chi connectivity index (χ1) is 11.7. The number of aromatic nitrogens is 2. The molecular weight excluding hydrogens is 302 g/mol. The summed E-state index contributed by atoms with van der Waals surface area (Å²) < 4.78 is 0. The van der Waals surface area contributed by atoms with Gasteiger partial charge in [-0.2, -0.15) is 0 Å². The first-order valence-electron chi connectivity index (χ1n) is 8.09. The number of benzene rings is 1. The number of aromatic amines is 1. The van der Waals surface area contributed by atoms with E-state index >= 15 is 0 Å². The van der Waals surface area contributed by atoms with E-state index in [0.29, 0.717) is 5.69 Å². The van der Waals surface area contributed by atoms with Gasteiger partial charge in [0, 0.05) is 17.1 Å². The first kappa shape index (κ1) is 14.6. The van der Waals surface area contributed by atoms with Gasteiger partial charge in [0.25, 0.3) is 5.91 Å². The Balaban J connectivity index is 1.61. The Kier molecular flexibility index (Phi) is 3.61. The van der Waals surface area contributed by atoms with Gasteiger partial charge in [-0.25, -0.2) is 4.98 Å². The smallest absolute Gasteiger partial charge is 0.270 e. The quantitative estimate of drug-likeness (QED) is 0.762. The van der Waals surface area contributed by atoms with E-state index in [1.165, 1.54) is 6.07 Å². The molecule has 1 unspecified atom stereocenters. The number of fused-ring (bicyclic) bond motifs is 2. The van der Waals surface area contributed by atoms with Gasteiger partial charge in [0.05, 0.1) is 11.6 Å². The van der Waals surface area contributed by atoms with E-state index in [1.54, 1.807) is 6.07 Å². The van der Waals surface area contributed by atoms with Gasteiger partial charge in [-0.3, -0.25) is 9.59 Å². The van der Waals surface area contributed by atoms with Gasteiger partial charge in [-0.05, 0) is 43.0 Å². The van der Waals surface area contributed by atoms with Gasteiger partial charge in [0.1, 0.15) is 5.69 Å². The highest BCUT2D eigenvalue weighted by Crippen LogP contribution is 2.27. The second-order valence-electron chi connectivity index (χ2n) is 6.06. The first-order valence-corrected chi connectivity index (χ1v) is 8.09. The van der Waals surface area contributed by atoms with Crippen LogP contribution in [-0.4, -0.2) is 15.9 Å². The summed E-state index contributed by atoms with van der Waals surface area (Å²) in [5, 5.41) is 4.06. The van der Waals surface area contributed by atoms with E-state index in [9.17, 15) is 9.59 Å². The number of H-pyrrole nitrogens is 1. The maximum atomic E-state index is 12.6. The van der Waals surface area contributed by atoms with E-state index in [4.69, 9.17) is 0 Å². The maximum Gasteiger partial charge on any atom is 0.270 e. The fourth-order valence-corrected chi connectivity index (χ4v) is 3.27. The summed E-state index contributed by atoms with van der Waals surface area (Å²) in [6, 6.07) is 14.6. The number of hydrogen-bond acceptors (Lipinski definition) is 3. The van der Waals surface area contributed by atoms with E-state index in [1.807, 2.05) is 36.4 Å². The molecule has 24 heavy (non-hydrogen) atoms. The molecule has 0 fully saturated rings. The Labute approximate surface area is 138 Å². The minimum atomic E-state index is -0.190. The molecule has 5 heteroatoms. The predicted molar refractivity (Wildman–Crippen MR) is 92.0 cm³/mol. The summed E-state index contributed by atoms with van der Waals surface area (Å²) in [7, 11) is 0.